The molecule has 2 aromatic rings. The number of nitrogens with zero attached hydrogens (tertiary/aromatic N) is 3. The fraction of sp³-hybridized carbons (Fsp3) is 0.312. The zero-order chi connectivity index (χ0) is 15.6. The largest absolute Gasteiger partial charge is 0.480 e. The fourth-order valence-electron chi connectivity index (χ4n) is 2.45. The van der Waals surface area contributed by atoms with E-state index in [4.69, 9.17) is 0 Å². The third kappa shape index (κ3) is 2.40. The summed E-state index contributed by atoms with van der Waals surface area (Å²) in [6.45, 7) is 5.62. The number of benzene rings is 1. The van der Waals surface area contributed by atoms with Crippen LogP contribution in [0.5, 0.6) is 0 Å². The Labute approximate surface area is 123 Å². The molecule has 0 unspecified atom stereocenters. The number of nitriles is 1. The molecule has 0 aliphatic rings. The van der Waals surface area contributed by atoms with E-state index >= 15 is 0 Å². The van der Waals surface area contributed by atoms with Crippen LogP contribution in [-0.2, 0) is 4.79 Å². The van der Waals surface area contributed by atoms with Gasteiger partial charge in [-0.1, -0.05) is 18.2 Å². The van der Waals surface area contributed by atoms with Crippen LogP contribution in [0.3, 0.4) is 0 Å². The first-order valence-corrected chi connectivity index (χ1v) is 6.72. The van der Waals surface area contributed by atoms with Crippen molar-refractivity contribution < 1.29 is 9.90 Å². The summed E-state index contributed by atoms with van der Waals surface area (Å²) in [4.78, 5) is 17.6. The van der Waals surface area contributed by atoms with E-state index in [1.807, 2.05) is 31.2 Å². The van der Waals surface area contributed by atoms with Gasteiger partial charge in [-0.25, -0.2) is 4.79 Å². The average Bonchev–Trinajstić information content (AvgIpc) is 2.47. The second-order valence-corrected chi connectivity index (χ2v) is 5.26. The Kier molecular flexibility index (Phi) is 3.81. The second kappa shape index (κ2) is 5.41. The number of para-hydroxylation sites is 1. The number of hydrogen-bond acceptors (Lipinski definition) is 4. The third-order valence-electron chi connectivity index (χ3n) is 3.65. The highest BCUT2D eigenvalue weighted by Gasteiger charge is 2.35. The molecule has 0 amide bonds. The number of carbonyl (C=O) groups is 1. The van der Waals surface area contributed by atoms with Gasteiger partial charge in [0, 0.05) is 18.1 Å². The molecule has 0 spiro atoms. The SMILES string of the molecule is CCN(c1c(C#N)cnc2ccccc12)C(C)(C)C(=O)O. The lowest BCUT2D eigenvalue weighted by Gasteiger charge is -2.37. The normalized spacial score (nSPS) is 11.1. The quantitative estimate of drug-likeness (QED) is 0.933. The first-order valence-electron chi connectivity index (χ1n) is 6.72. The van der Waals surface area contributed by atoms with Gasteiger partial charge in [-0.2, -0.15) is 5.26 Å². The van der Waals surface area contributed by atoms with Crippen LogP contribution in [0.4, 0.5) is 5.69 Å². The Balaban J connectivity index is 2.79. The zero-order valence-corrected chi connectivity index (χ0v) is 12.3. The van der Waals surface area contributed by atoms with Gasteiger partial charge >= 0.3 is 5.97 Å². The second-order valence-electron chi connectivity index (χ2n) is 5.26. The van der Waals surface area contributed by atoms with Crippen molar-refractivity contribution in [2.45, 2.75) is 26.3 Å². The van der Waals surface area contributed by atoms with Crippen LogP contribution in [0.1, 0.15) is 26.3 Å². The van der Waals surface area contributed by atoms with Crippen molar-refractivity contribution in [3.63, 3.8) is 0 Å². The predicted molar refractivity (Wildman–Crippen MR) is 81.2 cm³/mol. The summed E-state index contributed by atoms with van der Waals surface area (Å²) >= 11 is 0. The van der Waals surface area contributed by atoms with Gasteiger partial charge in [0.05, 0.1) is 16.8 Å². The summed E-state index contributed by atoms with van der Waals surface area (Å²) in [5.41, 5.74) is 0.624. The number of aliphatic carboxylic acids is 1. The fourth-order valence-corrected chi connectivity index (χ4v) is 2.45. The molecule has 0 aliphatic carbocycles. The lowest BCUT2D eigenvalue weighted by molar-refractivity contribution is -0.142. The van der Waals surface area contributed by atoms with E-state index in [-0.39, 0.29) is 0 Å². The lowest BCUT2D eigenvalue weighted by atomic mass is 9.99. The van der Waals surface area contributed by atoms with Crippen molar-refractivity contribution in [3.8, 4) is 6.07 Å². The van der Waals surface area contributed by atoms with Crippen LogP contribution in [-0.4, -0.2) is 28.1 Å². The molecule has 0 radical (unpaired) electrons. The van der Waals surface area contributed by atoms with Gasteiger partial charge in [-0.15, -0.1) is 0 Å². The molecule has 2 rings (SSSR count). The molecule has 0 atom stereocenters. The van der Waals surface area contributed by atoms with Gasteiger partial charge < -0.3 is 10.0 Å². The van der Waals surface area contributed by atoms with Crippen molar-refractivity contribution in [1.29, 1.82) is 5.26 Å². The summed E-state index contributed by atoms with van der Waals surface area (Å²) in [6, 6.07) is 9.55. The number of carboxylic acids is 1. The third-order valence-corrected chi connectivity index (χ3v) is 3.65. The summed E-state index contributed by atoms with van der Waals surface area (Å²) in [5, 5.41) is 19.6. The van der Waals surface area contributed by atoms with Gasteiger partial charge in [0.15, 0.2) is 0 Å². The Morgan fingerprint density at radius 1 is 1.43 bits per heavy atom. The van der Waals surface area contributed by atoms with Crippen molar-refractivity contribution in [2.75, 3.05) is 11.4 Å². The molecule has 0 saturated carbocycles. The number of anilines is 1. The Bertz CT molecular complexity index is 732. The Morgan fingerprint density at radius 2 is 2.10 bits per heavy atom. The van der Waals surface area contributed by atoms with Gasteiger partial charge in [0.1, 0.15) is 11.6 Å². The minimum Gasteiger partial charge on any atom is -0.480 e. The van der Waals surface area contributed by atoms with E-state index in [0.717, 1.165) is 10.9 Å². The number of pyridine rings is 1. The maximum absolute atomic E-state index is 11.6. The van der Waals surface area contributed by atoms with E-state index < -0.39 is 11.5 Å². The summed E-state index contributed by atoms with van der Waals surface area (Å²) in [7, 11) is 0. The number of aromatic nitrogens is 1. The maximum atomic E-state index is 11.6. The highest BCUT2D eigenvalue weighted by atomic mass is 16.4. The molecule has 1 aromatic carbocycles. The first kappa shape index (κ1) is 14.8. The lowest BCUT2D eigenvalue weighted by Crippen LogP contribution is -2.50. The monoisotopic (exact) mass is 283 g/mol. The molecule has 5 heteroatoms. The van der Waals surface area contributed by atoms with Crippen LogP contribution < -0.4 is 4.90 Å². The minimum absolute atomic E-state index is 0.380. The molecule has 108 valence electrons. The molecule has 1 aromatic heterocycles. The number of rotatable bonds is 4. The van der Waals surface area contributed by atoms with Crippen LogP contribution >= 0.6 is 0 Å². The number of hydrogen-bond donors (Lipinski definition) is 1. The van der Waals surface area contributed by atoms with Gasteiger partial charge in [-0.05, 0) is 26.8 Å². The molecule has 0 saturated heterocycles. The van der Waals surface area contributed by atoms with E-state index in [0.29, 0.717) is 17.8 Å². The van der Waals surface area contributed by atoms with Crippen LogP contribution in [0.2, 0.25) is 0 Å². The van der Waals surface area contributed by atoms with E-state index in [1.54, 1.807) is 18.7 Å². The summed E-state index contributed by atoms with van der Waals surface area (Å²) in [6.07, 6.45) is 1.50. The topological polar surface area (TPSA) is 77.2 Å². The van der Waals surface area contributed by atoms with Crippen molar-refractivity contribution in [2.24, 2.45) is 0 Å². The highest BCUT2D eigenvalue weighted by molar-refractivity contribution is 5.97. The molecule has 0 bridgehead atoms. The first-order chi connectivity index (χ1) is 9.93. The van der Waals surface area contributed by atoms with Crippen molar-refractivity contribution >= 4 is 22.6 Å². The molecule has 0 aliphatic heterocycles. The molecule has 21 heavy (non-hydrogen) atoms. The predicted octanol–water partition coefficient (Wildman–Crippen LogP) is 2.80. The summed E-state index contributed by atoms with van der Waals surface area (Å²) in [5.74, 6) is -0.936. The maximum Gasteiger partial charge on any atom is 0.328 e. The molecule has 0 fully saturated rings. The molecule has 1 N–H and O–H groups in total. The Morgan fingerprint density at radius 3 is 2.67 bits per heavy atom. The van der Waals surface area contributed by atoms with Gasteiger partial charge in [0.25, 0.3) is 0 Å². The molecular formula is C16H17N3O2. The molecular weight excluding hydrogens is 266 g/mol. The molecule has 5 nitrogen and oxygen atoms in total. The number of carboxylic acid groups (broad SMARTS) is 1. The van der Waals surface area contributed by atoms with Crippen LogP contribution in [0.25, 0.3) is 10.9 Å². The van der Waals surface area contributed by atoms with E-state index in [2.05, 4.69) is 11.1 Å². The standard InChI is InChI=1S/C16H17N3O2/c1-4-19(16(2,3)15(20)21)14-11(9-17)10-18-13-8-6-5-7-12(13)14/h5-8,10H,4H2,1-3H3,(H,20,21). The number of likely N-dealkylation sites (N-methyl/N-ethyl adjacent to an activating group) is 1. The smallest absolute Gasteiger partial charge is 0.328 e. The van der Waals surface area contributed by atoms with Crippen molar-refractivity contribution in [1.82, 2.24) is 4.98 Å². The minimum atomic E-state index is -1.12. The van der Waals surface area contributed by atoms with Gasteiger partial charge in [-0.3, -0.25) is 4.98 Å². The average molecular weight is 283 g/mol. The van der Waals surface area contributed by atoms with E-state index in [9.17, 15) is 15.2 Å². The Hall–Kier alpha value is -2.61. The summed E-state index contributed by atoms with van der Waals surface area (Å²) < 4.78 is 0. The van der Waals surface area contributed by atoms with E-state index in [1.165, 1.54) is 6.20 Å². The molecule has 1 heterocycles. The zero-order valence-electron chi connectivity index (χ0n) is 12.3. The van der Waals surface area contributed by atoms with Crippen LogP contribution in [0.15, 0.2) is 30.5 Å². The highest BCUT2D eigenvalue weighted by Crippen LogP contribution is 2.33. The van der Waals surface area contributed by atoms with Crippen molar-refractivity contribution in [3.05, 3.63) is 36.0 Å². The van der Waals surface area contributed by atoms with Gasteiger partial charge in [0.2, 0.25) is 0 Å². The van der Waals surface area contributed by atoms with Crippen LogP contribution in [0, 0.1) is 11.3 Å². The number of fused-ring (bicyclic) bond motifs is 1.